The molecule has 0 saturated heterocycles. The maximum Gasteiger partial charge on any atom is 0.247 e. The number of halogens is 1. The van der Waals surface area contributed by atoms with E-state index in [2.05, 4.69) is 25.9 Å². The Hall–Kier alpha value is -1.21. The van der Waals surface area contributed by atoms with Gasteiger partial charge in [0.1, 0.15) is 4.60 Å². The SMILES string of the molecule is [2H]N1c2ncc(Br)nc2N([C@H]2CC[C@H](O)CC2)C(=O)C1([2H])[2H]. The maximum absolute atomic E-state index is 12.6. The van der Waals surface area contributed by atoms with Gasteiger partial charge >= 0.3 is 0 Å². The summed E-state index contributed by atoms with van der Waals surface area (Å²) in [5.74, 6) is -0.617. The number of aromatic nitrogens is 2. The highest BCUT2D eigenvalue weighted by molar-refractivity contribution is 9.10. The van der Waals surface area contributed by atoms with Gasteiger partial charge in [0.25, 0.3) is 0 Å². The number of nitrogens with zero attached hydrogens (tertiary/aromatic N) is 3. The Morgan fingerprint density at radius 3 is 3.00 bits per heavy atom. The molecule has 1 fully saturated rings. The zero-order valence-corrected chi connectivity index (χ0v) is 11.7. The predicted octanol–water partition coefficient (Wildman–Crippen LogP) is 1.30. The molecule has 7 heteroatoms. The van der Waals surface area contributed by atoms with Crippen LogP contribution < -0.4 is 10.2 Å². The van der Waals surface area contributed by atoms with Gasteiger partial charge in [-0.25, -0.2) is 9.97 Å². The minimum atomic E-state index is -2.49. The Labute approximate surface area is 123 Å². The number of hydrogen-bond donors (Lipinski definition) is 2. The molecule has 2 heterocycles. The van der Waals surface area contributed by atoms with Crippen LogP contribution in [0, 0.1) is 0 Å². The molecule has 0 radical (unpaired) electrons. The zero-order valence-electron chi connectivity index (χ0n) is 13.1. The minimum absolute atomic E-state index is 0.0129. The smallest absolute Gasteiger partial charge is 0.247 e. The normalized spacial score (nSPS) is 32.3. The van der Waals surface area contributed by atoms with Gasteiger partial charge in [-0.05, 0) is 41.6 Å². The zero-order chi connectivity index (χ0) is 16.1. The summed E-state index contributed by atoms with van der Waals surface area (Å²) in [6.07, 6.45) is 3.23. The van der Waals surface area contributed by atoms with Crippen molar-refractivity contribution in [1.82, 2.24) is 9.97 Å². The van der Waals surface area contributed by atoms with Gasteiger partial charge in [0.2, 0.25) is 5.91 Å². The molecular formula is C12H15BrN4O2. The van der Waals surface area contributed by atoms with Crippen LogP contribution in [0.3, 0.4) is 0 Å². The fourth-order valence-corrected chi connectivity index (χ4v) is 2.77. The molecule has 19 heavy (non-hydrogen) atoms. The van der Waals surface area contributed by atoms with Crippen molar-refractivity contribution in [3.8, 4) is 0 Å². The molecule has 1 aromatic heterocycles. The molecule has 1 saturated carbocycles. The summed E-state index contributed by atoms with van der Waals surface area (Å²) >= 11 is 3.19. The number of hydrogen-bond acceptors (Lipinski definition) is 5. The van der Waals surface area contributed by atoms with E-state index in [0.717, 1.165) is 0 Å². The first-order valence-corrected chi connectivity index (χ1v) is 6.95. The van der Waals surface area contributed by atoms with Crippen molar-refractivity contribution in [3.05, 3.63) is 10.8 Å². The van der Waals surface area contributed by atoms with Gasteiger partial charge in [-0.3, -0.25) is 9.69 Å². The average molecular weight is 330 g/mol. The largest absolute Gasteiger partial charge is 0.393 e. The lowest BCUT2D eigenvalue weighted by Gasteiger charge is -2.37. The lowest BCUT2D eigenvalue weighted by atomic mass is 9.91. The standard InChI is InChI=1S/C12H15BrN4O2/c13-9-5-14-11-12(16-9)17(10(19)6-15-11)7-1-3-8(18)4-2-7/h5,7-8,18H,1-4,6H2,(H,14,15)/t7-,8-/i6D2/hD. The number of aliphatic hydroxyl groups excluding tert-OH is 1. The number of rotatable bonds is 1. The molecule has 1 aromatic rings. The van der Waals surface area contributed by atoms with E-state index in [1.54, 1.807) is 0 Å². The van der Waals surface area contributed by atoms with E-state index >= 15 is 0 Å². The highest BCUT2D eigenvalue weighted by Gasteiger charge is 2.34. The summed E-state index contributed by atoms with van der Waals surface area (Å²) < 4.78 is 24.1. The van der Waals surface area contributed by atoms with Gasteiger partial charge in [0.15, 0.2) is 13.0 Å². The van der Waals surface area contributed by atoms with E-state index in [4.69, 9.17) is 4.15 Å². The number of fused-ring (bicyclic) bond motifs is 1. The van der Waals surface area contributed by atoms with Crippen molar-refractivity contribution in [1.29, 1.82) is 0 Å². The van der Waals surface area contributed by atoms with Crippen molar-refractivity contribution >= 4 is 33.5 Å². The van der Waals surface area contributed by atoms with Crippen molar-refractivity contribution in [2.24, 2.45) is 0 Å². The second kappa shape index (κ2) is 5.05. The minimum Gasteiger partial charge on any atom is -0.393 e. The highest BCUT2D eigenvalue weighted by atomic mass is 79.9. The molecule has 0 aromatic carbocycles. The Morgan fingerprint density at radius 1 is 1.53 bits per heavy atom. The number of aliphatic hydroxyl groups is 1. The van der Waals surface area contributed by atoms with Crippen molar-refractivity contribution < 1.29 is 14.1 Å². The molecule has 2 aliphatic rings. The molecule has 1 aliphatic carbocycles. The fourth-order valence-electron chi connectivity index (χ4n) is 2.50. The third-order valence-electron chi connectivity index (χ3n) is 3.44. The molecule has 1 amide bonds. The summed E-state index contributed by atoms with van der Waals surface area (Å²) in [4.78, 5) is 22.1. The van der Waals surface area contributed by atoms with Gasteiger partial charge in [-0.15, -0.1) is 0 Å². The van der Waals surface area contributed by atoms with E-state index in [1.165, 1.54) is 11.1 Å². The first-order valence-electron chi connectivity index (χ1n) is 7.60. The second-order valence-electron chi connectivity index (χ2n) is 4.70. The van der Waals surface area contributed by atoms with Gasteiger partial charge in [0.05, 0.1) is 21.5 Å². The van der Waals surface area contributed by atoms with E-state index in [9.17, 15) is 9.90 Å². The van der Waals surface area contributed by atoms with Gasteiger partial charge in [-0.2, -0.15) is 0 Å². The number of carbonyl (C=O) groups excluding carboxylic acids is 1. The first kappa shape index (κ1) is 9.66. The van der Waals surface area contributed by atoms with Crippen molar-refractivity contribution in [2.45, 2.75) is 37.8 Å². The predicted molar refractivity (Wildman–Crippen MR) is 74.0 cm³/mol. The van der Waals surface area contributed by atoms with E-state index in [1.807, 2.05) is 0 Å². The molecule has 2 N–H and O–H groups in total. The first-order chi connectivity index (χ1) is 10.3. The van der Waals surface area contributed by atoms with Crippen molar-refractivity contribution in [3.63, 3.8) is 0 Å². The molecule has 0 spiro atoms. The summed E-state index contributed by atoms with van der Waals surface area (Å²) in [7, 11) is 0. The summed E-state index contributed by atoms with van der Waals surface area (Å²) in [6.45, 7) is -2.49. The summed E-state index contributed by atoms with van der Waals surface area (Å²) in [5, 5.41) is 10.1. The topological polar surface area (TPSA) is 78.3 Å². The Kier molecular flexibility index (Phi) is 2.57. The van der Waals surface area contributed by atoms with Crippen LogP contribution in [0.2, 0.25) is 1.41 Å². The van der Waals surface area contributed by atoms with E-state index in [-0.39, 0.29) is 23.8 Å². The molecule has 0 atom stereocenters. The van der Waals surface area contributed by atoms with Crippen LogP contribution in [0.5, 0.6) is 0 Å². The quantitative estimate of drug-likeness (QED) is 0.812. The second-order valence-corrected chi connectivity index (χ2v) is 5.51. The highest BCUT2D eigenvalue weighted by Crippen LogP contribution is 2.33. The van der Waals surface area contributed by atoms with Crippen LogP contribution in [-0.2, 0) is 4.79 Å². The third kappa shape index (κ3) is 2.44. The molecular weight excluding hydrogens is 312 g/mol. The number of nitrogens with one attached hydrogen (secondary N) is 1. The number of anilines is 2. The lowest BCUT2D eigenvalue weighted by molar-refractivity contribution is -0.118. The third-order valence-corrected chi connectivity index (χ3v) is 3.82. The fraction of sp³-hybridized carbons (Fsp3) is 0.583. The molecule has 6 nitrogen and oxygen atoms in total. The maximum atomic E-state index is 12.6. The summed E-state index contributed by atoms with van der Waals surface area (Å²) in [5.41, 5.74) is 0. The van der Waals surface area contributed by atoms with E-state index < -0.39 is 12.4 Å². The van der Waals surface area contributed by atoms with Gasteiger partial charge in [0, 0.05) is 6.04 Å². The average Bonchev–Trinajstić information content (AvgIpc) is 2.47. The Balaban J connectivity index is 2.06. The Morgan fingerprint density at radius 2 is 2.26 bits per heavy atom. The molecule has 0 unspecified atom stereocenters. The van der Waals surface area contributed by atoms with E-state index in [0.29, 0.717) is 35.6 Å². The monoisotopic (exact) mass is 329 g/mol. The molecule has 102 valence electrons. The van der Waals surface area contributed by atoms with Crippen LogP contribution in [-0.4, -0.2) is 39.6 Å². The van der Waals surface area contributed by atoms with Crippen LogP contribution in [0.4, 0.5) is 11.6 Å². The Bertz CT molecular complexity index is 610. The van der Waals surface area contributed by atoms with Crippen LogP contribution in [0.1, 0.15) is 28.4 Å². The lowest BCUT2D eigenvalue weighted by Crippen LogP contribution is -2.49. The van der Waals surface area contributed by atoms with Crippen LogP contribution in [0.25, 0.3) is 0 Å². The van der Waals surface area contributed by atoms with Crippen LogP contribution in [0.15, 0.2) is 10.8 Å². The number of amides is 1. The summed E-state index contributed by atoms with van der Waals surface area (Å²) in [6, 6.07) is -0.248. The molecule has 1 aliphatic heterocycles. The van der Waals surface area contributed by atoms with Gasteiger partial charge in [-0.1, -0.05) is 0 Å². The van der Waals surface area contributed by atoms with Crippen LogP contribution >= 0.6 is 15.9 Å². The number of carbonyl (C=O) groups is 1. The molecule has 3 rings (SSSR count). The van der Waals surface area contributed by atoms with Gasteiger partial charge < -0.3 is 10.4 Å². The molecule has 0 bridgehead atoms. The van der Waals surface area contributed by atoms with Crippen molar-refractivity contribution in [2.75, 3.05) is 16.7 Å².